The van der Waals surface area contributed by atoms with E-state index in [0.29, 0.717) is 12.6 Å². The molecule has 1 N–H and O–H groups in total. The number of ether oxygens (including phenoxy) is 1. The second-order valence-electron chi connectivity index (χ2n) is 7.44. The van der Waals surface area contributed by atoms with Crippen LogP contribution in [0.3, 0.4) is 0 Å². The standard InChI is InChI=1S/C19H29N3O3/c1-2-15-7-8-18(25-15)17-6-4-10-22(17)19(23)20-11-16-12-21-9-3-5-14(21)13-24-16/h7-8,14,16-17H,2-6,9-13H2,1H3,(H,20,23)/t14-,16-,17+/m1/s1. The Morgan fingerprint density at radius 3 is 3.00 bits per heavy atom. The Morgan fingerprint density at radius 1 is 1.28 bits per heavy atom. The van der Waals surface area contributed by atoms with Crippen LogP contribution >= 0.6 is 0 Å². The van der Waals surface area contributed by atoms with E-state index in [1.807, 2.05) is 17.0 Å². The highest BCUT2D eigenvalue weighted by Gasteiger charge is 2.34. The van der Waals surface area contributed by atoms with E-state index in [2.05, 4.69) is 17.1 Å². The number of rotatable bonds is 4. The van der Waals surface area contributed by atoms with Crippen LogP contribution in [0.25, 0.3) is 0 Å². The van der Waals surface area contributed by atoms with E-state index in [1.54, 1.807) is 0 Å². The van der Waals surface area contributed by atoms with Crippen molar-refractivity contribution in [3.05, 3.63) is 23.7 Å². The van der Waals surface area contributed by atoms with Gasteiger partial charge in [0.05, 0.1) is 18.8 Å². The van der Waals surface area contributed by atoms with Crippen LogP contribution in [0.15, 0.2) is 16.5 Å². The van der Waals surface area contributed by atoms with Crippen molar-refractivity contribution in [2.45, 2.75) is 57.2 Å². The summed E-state index contributed by atoms with van der Waals surface area (Å²) in [6.45, 7) is 6.37. The summed E-state index contributed by atoms with van der Waals surface area (Å²) in [5.74, 6) is 1.90. The van der Waals surface area contributed by atoms with Gasteiger partial charge in [-0.2, -0.15) is 0 Å². The maximum Gasteiger partial charge on any atom is 0.318 e. The molecule has 3 fully saturated rings. The van der Waals surface area contributed by atoms with Gasteiger partial charge in [-0.15, -0.1) is 0 Å². The van der Waals surface area contributed by atoms with Crippen LogP contribution in [-0.2, 0) is 11.2 Å². The van der Waals surface area contributed by atoms with Crippen molar-refractivity contribution in [3.8, 4) is 0 Å². The Hall–Kier alpha value is -1.53. The fourth-order valence-electron chi connectivity index (χ4n) is 4.38. The number of nitrogens with one attached hydrogen (secondary N) is 1. The van der Waals surface area contributed by atoms with Gasteiger partial charge in [-0.05, 0) is 44.4 Å². The van der Waals surface area contributed by atoms with Gasteiger partial charge in [-0.1, -0.05) is 6.92 Å². The predicted octanol–water partition coefficient (Wildman–Crippen LogP) is 2.55. The first-order chi connectivity index (χ1) is 12.2. The van der Waals surface area contributed by atoms with Crippen molar-refractivity contribution in [2.75, 3.05) is 32.8 Å². The average Bonchev–Trinajstić information content (AvgIpc) is 3.38. The molecule has 0 spiro atoms. The lowest BCUT2D eigenvalue weighted by molar-refractivity contribution is -0.0461. The lowest BCUT2D eigenvalue weighted by Gasteiger charge is -2.35. The van der Waals surface area contributed by atoms with Crippen molar-refractivity contribution in [1.29, 1.82) is 0 Å². The first-order valence-corrected chi connectivity index (χ1v) is 9.73. The van der Waals surface area contributed by atoms with E-state index in [0.717, 1.165) is 50.5 Å². The smallest absolute Gasteiger partial charge is 0.318 e. The summed E-state index contributed by atoms with van der Waals surface area (Å²) in [5, 5.41) is 3.09. The van der Waals surface area contributed by atoms with Gasteiger partial charge in [0, 0.05) is 32.1 Å². The fraction of sp³-hybridized carbons (Fsp3) is 0.737. The Morgan fingerprint density at radius 2 is 2.16 bits per heavy atom. The number of likely N-dealkylation sites (tertiary alicyclic amines) is 1. The van der Waals surface area contributed by atoms with Crippen LogP contribution in [0, 0.1) is 0 Å². The summed E-state index contributed by atoms with van der Waals surface area (Å²) < 4.78 is 11.8. The molecule has 2 amide bonds. The molecule has 0 aromatic carbocycles. The maximum absolute atomic E-state index is 12.7. The topological polar surface area (TPSA) is 58.0 Å². The molecule has 3 aliphatic heterocycles. The normalized spacial score (nSPS) is 29.8. The van der Waals surface area contributed by atoms with Gasteiger partial charge in [0.1, 0.15) is 11.5 Å². The highest BCUT2D eigenvalue weighted by molar-refractivity contribution is 5.75. The molecule has 0 bridgehead atoms. The zero-order valence-corrected chi connectivity index (χ0v) is 15.1. The maximum atomic E-state index is 12.7. The van der Waals surface area contributed by atoms with Crippen LogP contribution in [-0.4, -0.2) is 60.8 Å². The van der Waals surface area contributed by atoms with Crippen LogP contribution < -0.4 is 5.32 Å². The molecule has 1 aromatic heterocycles. The molecule has 0 aliphatic carbocycles. The Bertz CT molecular complexity index is 602. The van der Waals surface area contributed by atoms with Crippen molar-refractivity contribution >= 4 is 6.03 Å². The van der Waals surface area contributed by atoms with Gasteiger partial charge in [-0.25, -0.2) is 4.79 Å². The molecule has 0 radical (unpaired) electrons. The zero-order chi connectivity index (χ0) is 17.2. The van der Waals surface area contributed by atoms with Crippen LogP contribution in [0.2, 0.25) is 0 Å². The number of morpholine rings is 1. The van der Waals surface area contributed by atoms with Crippen molar-refractivity contribution in [3.63, 3.8) is 0 Å². The molecule has 25 heavy (non-hydrogen) atoms. The first kappa shape index (κ1) is 16.9. The minimum absolute atomic E-state index is 0.00379. The quantitative estimate of drug-likeness (QED) is 0.909. The van der Waals surface area contributed by atoms with Gasteiger partial charge >= 0.3 is 6.03 Å². The van der Waals surface area contributed by atoms with Gasteiger partial charge in [-0.3, -0.25) is 4.90 Å². The van der Waals surface area contributed by atoms with Gasteiger partial charge in [0.2, 0.25) is 0 Å². The van der Waals surface area contributed by atoms with E-state index in [-0.39, 0.29) is 18.2 Å². The van der Waals surface area contributed by atoms with E-state index in [4.69, 9.17) is 9.15 Å². The van der Waals surface area contributed by atoms with E-state index in [9.17, 15) is 4.79 Å². The molecule has 4 heterocycles. The molecular weight excluding hydrogens is 318 g/mol. The Labute approximate surface area is 149 Å². The second-order valence-corrected chi connectivity index (χ2v) is 7.44. The molecule has 0 unspecified atom stereocenters. The first-order valence-electron chi connectivity index (χ1n) is 9.73. The zero-order valence-electron chi connectivity index (χ0n) is 15.1. The van der Waals surface area contributed by atoms with E-state index in [1.165, 1.54) is 19.4 Å². The highest BCUT2D eigenvalue weighted by atomic mass is 16.5. The summed E-state index contributed by atoms with van der Waals surface area (Å²) in [6, 6.07) is 4.71. The Balaban J connectivity index is 1.31. The number of nitrogens with zero attached hydrogens (tertiary/aromatic N) is 2. The van der Waals surface area contributed by atoms with Gasteiger partial charge in [0.25, 0.3) is 0 Å². The van der Waals surface area contributed by atoms with Crippen molar-refractivity contribution < 1.29 is 13.9 Å². The molecule has 138 valence electrons. The number of hydrogen-bond acceptors (Lipinski definition) is 4. The van der Waals surface area contributed by atoms with Gasteiger partial charge < -0.3 is 19.4 Å². The minimum atomic E-state index is 0.00379. The fourth-order valence-corrected chi connectivity index (χ4v) is 4.38. The number of hydrogen-bond donors (Lipinski definition) is 1. The number of fused-ring (bicyclic) bond motifs is 1. The molecule has 3 atom stereocenters. The number of aryl methyl sites for hydroxylation is 1. The summed E-state index contributed by atoms with van der Waals surface area (Å²) in [7, 11) is 0. The number of furan rings is 1. The average molecular weight is 347 g/mol. The molecule has 1 aromatic rings. The van der Waals surface area contributed by atoms with Crippen molar-refractivity contribution in [1.82, 2.24) is 15.1 Å². The summed E-state index contributed by atoms with van der Waals surface area (Å²) in [4.78, 5) is 17.1. The molecule has 3 saturated heterocycles. The van der Waals surface area contributed by atoms with E-state index < -0.39 is 0 Å². The molecular formula is C19H29N3O3. The van der Waals surface area contributed by atoms with Crippen molar-refractivity contribution in [2.24, 2.45) is 0 Å². The summed E-state index contributed by atoms with van der Waals surface area (Å²) in [6.07, 6.45) is 5.50. The second kappa shape index (κ2) is 7.38. The molecule has 3 aliphatic rings. The number of amides is 2. The SMILES string of the molecule is CCc1ccc([C@@H]2CCCN2C(=O)NC[C@@H]2CN3CCC[C@@H]3CO2)o1. The summed E-state index contributed by atoms with van der Waals surface area (Å²) in [5.41, 5.74) is 0. The van der Waals surface area contributed by atoms with Gasteiger partial charge in [0.15, 0.2) is 0 Å². The number of carbonyl (C=O) groups excluding carboxylic acids is 1. The third-order valence-electron chi connectivity index (χ3n) is 5.82. The third-order valence-corrected chi connectivity index (χ3v) is 5.82. The lowest BCUT2D eigenvalue weighted by atomic mass is 10.1. The molecule has 0 saturated carbocycles. The molecule has 6 nitrogen and oxygen atoms in total. The number of urea groups is 1. The third kappa shape index (κ3) is 3.55. The van der Waals surface area contributed by atoms with Crippen LogP contribution in [0.5, 0.6) is 0 Å². The largest absolute Gasteiger partial charge is 0.464 e. The molecule has 6 heteroatoms. The Kier molecular flexibility index (Phi) is 4.99. The van der Waals surface area contributed by atoms with E-state index >= 15 is 0 Å². The highest BCUT2D eigenvalue weighted by Crippen LogP contribution is 2.33. The minimum Gasteiger partial charge on any atom is -0.464 e. The monoisotopic (exact) mass is 347 g/mol. The summed E-state index contributed by atoms with van der Waals surface area (Å²) >= 11 is 0. The van der Waals surface area contributed by atoms with Crippen LogP contribution in [0.4, 0.5) is 4.79 Å². The lowest BCUT2D eigenvalue weighted by Crippen LogP contribution is -2.51. The number of carbonyl (C=O) groups is 1. The van der Waals surface area contributed by atoms with Crippen LogP contribution in [0.1, 0.15) is 50.2 Å². The predicted molar refractivity (Wildman–Crippen MR) is 94.5 cm³/mol. The molecule has 4 rings (SSSR count).